The number of aromatic nitrogens is 5. The van der Waals surface area contributed by atoms with Gasteiger partial charge in [0.25, 0.3) is 0 Å². The quantitative estimate of drug-likeness (QED) is 0.555. The van der Waals surface area contributed by atoms with Crippen molar-refractivity contribution < 1.29 is 8.78 Å². The van der Waals surface area contributed by atoms with Gasteiger partial charge in [0.1, 0.15) is 11.5 Å². The van der Waals surface area contributed by atoms with Gasteiger partial charge in [-0.15, -0.1) is 0 Å². The van der Waals surface area contributed by atoms with Crippen LogP contribution in [0.15, 0.2) is 36.8 Å². The number of nitrogens with two attached hydrogens (primary N) is 1. The molecule has 0 atom stereocenters. The smallest absolute Gasteiger partial charge is 0.158 e. The first-order chi connectivity index (χ1) is 11.5. The number of nitrogen functional groups attached to an aromatic ring is 1. The fourth-order valence-electron chi connectivity index (χ4n) is 2.62. The van der Waals surface area contributed by atoms with E-state index >= 15 is 0 Å². The van der Waals surface area contributed by atoms with Gasteiger partial charge in [-0.2, -0.15) is 10.2 Å². The molecule has 0 aliphatic heterocycles. The van der Waals surface area contributed by atoms with Crippen molar-refractivity contribution in [3.05, 3.63) is 48.4 Å². The van der Waals surface area contributed by atoms with Gasteiger partial charge in [-0.25, -0.2) is 8.78 Å². The van der Waals surface area contributed by atoms with Gasteiger partial charge in [-0.1, -0.05) is 0 Å². The lowest BCUT2D eigenvalue weighted by molar-refractivity contribution is 0.591. The van der Waals surface area contributed by atoms with E-state index in [1.54, 1.807) is 30.2 Å². The Bertz CT molecular complexity index is 1070. The highest BCUT2D eigenvalue weighted by Crippen LogP contribution is 2.32. The number of hydrogen-bond acceptors (Lipinski definition) is 4. The van der Waals surface area contributed by atoms with Crippen LogP contribution >= 0.6 is 0 Å². The number of hydrogen-bond donors (Lipinski definition) is 2. The van der Waals surface area contributed by atoms with E-state index in [4.69, 9.17) is 5.73 Å². The topological polar surface area (TPSA) is 85.4 Å². The molecule has 0 spiro atoms. The fourth-order valence-corrected chi connectivity index (χ4v) is 2.62. The van der Waals surface area contributed by atoms with Gasteiger partial charge < -0.3 is 5.73 Å². The van der Waals surface area contributed by atoms with Crippen molar-refractivity contribution in [2.45, 2.75) is 0 Å². The molecule has 3 heterocycles. The molecule has 4 rings (SSSR count). The van der Waals surface area contributed by atoms with Gasteiger partial charge in [0.2, 0.25) is 0 Å². The molecule has 0 saturated heterocycles. The van der Waals surface area contributed by atoms with E-state index in [-0.39, 0.29) is 16.9 Å². The van der Waals surface area contributed by atoms with Crippen molar-refractivity contribution in [2.75, 3.05) is 5.73 Å². The Hall–Kier alpha value is -3.29. The third-order valence-electron chi connectivity index (χ3n) is 3.80. The zero-order valence-electron chi connectivity index (χ0n) is 12.6. The molecule has 0 unspecified atom stereocenters. The SMILES string of the molecule is Cn1cc(-c2n[nH]c3cnc(-c4c(F)ccc(N)c4F)cc23)cn1. The Balaban J connectivity index is 1.95. The van der Waals surface area contributed by atoms with E-state index in [0.29, 0.717) is 16.6 Å². The van der Waals surface area contributed by atoms with Gasteiger partial charge in [0, 0.05) is 24.2 Å². The molecule has 0 amide bonds. The van der Waals surface area contributed by atoms with E-state index in [0.717, 1.165) is 11.6 Å². The number of nitrogens with zero attached hydrogens (tertiary/aromatic N) is 4. The van der Waals surface area contributed by atoms with Crippen molar-refractivity contribution in [2.24, 2.45) is 7.05 Å². The molecule has 0 bridgehead atoms. The highest BCUT2D eigenvalue weighted by atomic mass is 19.1. The number of nitrogens with one attached hydrogen (secondary N) is 1. The maximum atomic E-state index is 14.3. The molecule has 0 saturated carbocycles. The number of aryl methyl sites for hydroxylation is 1. The third kappa shape index (κ3) is 2.11. The van der Waals surface area contributed by atoms with Crippen LogP contribution in [0.2, 0.25) is 0 Å². The van der Waals surface area contributed by atoms with Gasteiger partial charge >= 0.3 is 0 Å². The minimum absolute atomic E-state index is 0.132. The Morgan fingerprint density at radius 3 is 2.79 bits per heavy atom. The van der Waals surface area contributed by atoms with Crippen LogP contribution in [0.3, 0.4) is 0 Å². The van der Waals surface area contributed by atoms with Gasteiger partial charge in [-0.3, -0.25) is 14.8 Å². The molecule has 4 aromatic rings. The minimum atomic E-state index is -0.826. The number of aromatic amines is 1. The van der Waals surface area contributed by atoms with Crippen molar-refractivity contribution in [1.82, 2.24) is 25.0 Å². The first kappa shape index (κ1) is 14.3. The molecular formula is C16H12F2N6. The summed E-state index contributed by atoms with van der Waals surface area (Å²) < 4.78 is 30.0. The summed E-state index contributed by atoms with van der Waals surface area (Å²) in [5, 5.41) is 11.9. The van der Waals surface area contributed by atoms with Gasteiger partial charge in [0.05, 0.1) is 34.9 Å². The van der Waals surface area contributed by atoms with Gasteiger partial charge in [-0.05, 0) is 18.2 Å². The number of pyridine rings is 1. The average Bonchev–Trinajstić information content (AvgIpc) is 3.17. The van der Waals surface area contributed by atoms with E-state index < -0.39 is 11.6 Å². The van der Waals surface area contributed by atoms with E-state index in [2.05, 4.69) is 20.3 Å². The molecule has 0 aliphatic carbocycles. The second kappa shape index (κ2) is 5.12. The van der Waals surface area contributed by atoms with Crippen molar-refractivity contribution in [3.8, 4) is 22.5 Å². The predicted octanol–water partition coefficient (Wildman–Crippen LogP) is 2.89. The zero-order chi connectivity index (χ0) is 16.8. The monoisotopic (exact) mass is 326 g/mol. The molecule has 0 fully saturated rings. The van der Waals surface area contributed by atoms with Gasteiger partial charge in [0.15, 0.2) is 5.82 Å². The maximum Gasteiger partial charge on any atom is 0.158 e. The number of anilines is 1. The van der Waals surface area contributed by atoms with E-state index in [1.165, 1.54) is 12.3 Å². The van der Waals surface area contributed by atoms with Crippen LogP contribution in [0.5, 0.6) is 0 Å². The number of fused-ring (bicyclic) bond motifs is 1. The lowest BCUT2D eigenvalue weighted by Crippen LogP contribution is -1.98. The summed E-state index contributed by atoms with van der Waals surface area (Å²) in [4.78, 5) is 4.12. The number of benzene rings is 1. The average molecular weight is 326 g/mol. The molecule has 120 valence electrons. The molecule has 24 heavy (non-hydrogen) atoms. The fraction of sp³-hybridized carbons (Fsp3) is 0.0625. The summed E-state index contributed by atoms with van der Waals surface area (Å²) >= 11 is 0. The number of halogens is 2. The van der Waals surface area contributed by atoms with E-state index in [9.17, 15) is 8.78 Å². The highest BCUT2D eigenvalue weighted by Gasteiger charge is 2.18. The Morgan fingerprint density at radius 2 is 2.04 bits per heavy atom. The van der Waals surface area contributed by atoms with Crippen LogP contribution in [0.25, 0.3) is 33.4 Å². The Morgan fingerprint density at radius 1 is 1.21 bits per heavy atom. The molecule has 1 aromatic carbocycles. The molecule has 0 aliphatic rings. The standard InChI is InChI=1S/C16H12F2N6/c1-24-7-8(5-21-24)16-9-4-12(20-6-13(9)22-23-16)14-10(17)2-3-11(19)15(14)18/h2-7H,19H2,1H3,(H,22,23). The molecular weight excluding hydrogens is 314 g/mol. The zero-order valence-corrected chi connectivity index (χ0v) is 12.6. The summed E-state index contributed by atoms with van der Waals surface area (Å²) in [5.41, 5.74) is 7.38. The summed E-state index contributed by atoms with van der Waals surface area (Å²) in [6.45, 7) is 0. The Kier molecular flexibility index (Phi) is 3.05. The second-order valence-corrected chi connectivity index (χ2v) is 5.42. The first-order valence-corrected chi connectivity index (χ1v) is 7.11. The lowest BCUT2D eigenvalue weighted by Gasteiger charge is -2.07. The maximum absolute atomic E-state index is 14.3. The summed E-state index contributed by atoms with van der Waals surface area (Å²) in [6.07, 6.45) is 4.95. The Labute approximate surface area is 134 Å². The molecule has 3 N–H and O–H groups in total. The van der Waals surface area contributed by atoms with Crippen molar-refractivity contribution in [3.63, 3.8) is 0 Å². The molecule has 6 nitrogen and oxygen atoms in total. The summed E-state index contributed by atoms with van der Waals surface area (Å²) in [6, 6.07) is 3.89. The van der Waals surface area contributed by atoms with Crippen LogP contribution in [0.4, 0.5) is 14.5 Å². The van der Waals surface area contributed by atoms with Crippen molar-refractivity contribution in [1.29, 1.82) is 0 Å². The number of H-pyrrole nitrogens is 1. The van der Waals surface area contributed by atoms with E-state index in [1.807, 2.05) is 0 Å². The predicted molar refractivity (Wildman–Crippen MR) is 85.9 cm³/mol. The van der Waals surface area contributed by atoms with Crippen LogP contribution in [-0.4, -0.2) is 25.0 Å². The first-order valence-electron chi connectivity index (χ1n) is 7.11. The molecule has 8 heteroatoms. The van der Waals surface area contributed by atoms with Crippen LogP contribution in [0.1, 0.15) is 0 Å². The highest BCUT2D eigenvalue weighted by molar-refractivity contribution is 5.94. The van der Waals surface area contributed by atoms with Crippen molar-refractivity contribution >= 4 is 16.6 Å². The second-order valence-electron chi connectivity index (χ2n) is 5.42. The third-order valence-corrected chi connectivity index (χ3v) is 3.80. The largest absolute Gasteiger partial charge is 0.396 e. The molecule has 0 radical (unpaired) electrons. The van der Waals surface area contributed by atoms with Crippen LogP contribution < -0.4 is 5.73 Å². The lowest BCUT2D eigenvalue weighted by atomic mass is 10.1. The molecule has 3 aromatic heterocycles. The normalized spacial score (nSPS) is 11.3. The van der Waals surface area contributed by atoms with Crippen LogP contribution in [-0.2, 0) is 7.05 Å². The van der Waals surface area contributed by atoms with Crippen LogP contribution in [0, 0.1) is 11.6 Å². The minimum Gasteiger partial charge on any atom is -0.396 e. The summed E-state index contributed by atoms with van der Waals surface area (Å²) in [7, 11) is 1.79. The number of rotatable bonds is 2. The summed E-state index contributed by atoms with van der Waals surface area (Å²) in [5.74, 6) is -1.55.